The molecule has 0 spiro atoms. The van der Waals surface area contributed by atoms with Gasteiger partial charge in [0.05, 0.1) is 12.2 Å². The van der Waals surface area contributed by atoms with Crippen LogP contribution < -0.4 is 10.1 Å². The maximum absolute atomic E-state index is 11.8. The van der Waals surface area contributed by atoms with Crippen molar-refractivity contribution in [2.24, 2.45) is 0 Å². The highest BCUT2D eigenvalue weighted by atomic mass is 16.5. The number of hydrogen-bond acceptors (Lipinski definition) is 3. The number of rotatable bonds is 7. The second-order valence-corrected chi connectivity index (χ2v) is 6.28. The van der Waals surface area contributed by atoms with Gasteiger partial charge in [-0.3, -0.25) is 4.79 Å². The quantitative estimate of drug-likeness (QED) is 0.773. The van der Waals surface area contributed by atoms with E-state index in [2.05, 4.69) is 17.4 Å². The summed E-state index contributed by atoms with van der Waals surface area (Å²) in [5.74, 6) is 0.833. The van der Waals surface area contributed by atoms with Crippen molar-refractivity contribution in [1.82, 2.24) is 5.32 Å². The number of ether oxygens (including phenoxy) is 1. The summed E-state index contributed by atoms with van der Waals surface area (Å²) in [6, 6.07) is 14.1. The minimum Gasteiger partial charge on any atom is -0.493 e. The molecule has 1 aliphatic carbocycles. The molecule has 23 heavy (non-hydrogen) atoms. The standard InChI is InChI=1S/C19H23NO3/c21-18(20-14-19(22)11-5-12-19)10-4-13-23-17-9-3-7-15-6-1-2-8-16(15)17/h1-3,6-9,22H,4-5,10-14H2,(H,20,21). The molecule has 1 fully saturated rings. The first kappa shape index (κ1) is 15.8. The third-order valence-corrected chi connectivity index (χ3v) is 4.45. The van der Waals surface area contributed by atoms with Crippen LogP contribution in [-0.2, 0) is 4.79 Å². The summed E-state index contributed by atoms with van der Waals surface area (Å²) < 4.78 is 5.82. The van der Waals surface area contributed by atoms with Crippen molar-refractivity contribution in [3.63, 3.8) is 0 Å². The average molecular weight is 313 g/mol. The normalized spacial score (nSPS) is 15.9. The molecule has 0 saturated heterocycles. The minimum absolute atomic E-state index is 0.0214. The van der Waals surface area contributed by atoms with Gasteiger partial charge in [-0.2, -0.15) is 0 Å². The number of nitrogens with one attached hydrogen (secondary N) is 1. The van der Waals surface area contributed by atoms with E-state index in [4.69, 9.17) is 4.74 Å². The average Bonchev–Trinajstić information content (AvgIpc) is 2.55. The Morgan fingerprint density at radius 2 is 1.96 bits per heavy atom. The van der Waals surface area contributed by atoms with Crippen LogP contribution in [0.25, 0.3) is 10.8 Å². The van der Waals surface area contributed by atoms with Crippen molar-refractivity contribution < 1.29 is 14.6 Å². The third kappa shape index (κ3) is 4.02. The van der Waals surface area contributed by atoms with Gasteiger partial charge in [0.2, 0.25) is 5.91 Å². The Morgan fingerprint density at radius 3 is 2.74 bits per heavy atom. The summed E-state index contributed by atoms with van der Waals surface area (Å²) in [5.41, 5.74) is -0.658. The van der Waals surface area contributed by atoms with E-state index >= 15 is 0 Å². The molecule has 0 atom stereocenters. The van der Waals surface area contributed by atoms with Crippen LogP contribution in [0.15, 0.2) is 42.5 Å². The van der Waals surface area contributed by atoms with Crippen molar-refractivity contribution >= 4 is 16.7 Å². The zero-order valence-electron chi connectivity index (χ0n) is 13.3. The van der Waals surface area contributed by atoms with E-state index < -0.39 is 5.60 Å². The highest BCUT2D eigenvalue weighted by molar-refractivity contribution is 5.88. The number of aliphatic hydroxyl groups is 1. The Hall–Kier alpha value is -2.07. The summed E-state index contributed by atoms with van der Waals surface area (Å²) in [5, 5.41) is 15.0. The minimum atomic E-state index is -0.658. The van der Waals surface area contributed by atoms with Crippen LogP contribution in [0.5, 0.6) is 5.75 Å². The van der Waals surface area contributed by atoms with Crippen molar-refractivity contribution in [3.05, 3.63) is 42.5 Å². The number of amides is 1. The fourth-order valence-corrected chi connectivity index (χ4v) is 2.85. The molecule has 4 heteroatoms. The molecule has 3 rings (SSSR count). The van der Waals surface area contributed by atoms with Gasteiger partial charge in [-0.15, -0.1) is 0 Å². The van der Waals surface area contributed by atoms with Gasteiger partial charge in [-0.25, -0.2) is 0 Å². The summed E-state index contributed by atoms with van der Waals surface area (Å²) in [4.78, 5) is 11.8. The molecule has 0 unspecified atom stereocenters. The molecule has 0 heterocycles. The molecule has 1 aliphatic rings. The lowest BCUT2D eigenvalue weighted by atomic mass is 9.80. The zero-order valence-corrected chi connectivity index (χ0v) is 13.3. The molecule has 1 amide bonds. The first-order valence-corrected chi connectivity index (χ1v) is 8.26. The monoisotopic (exact) mass is 313 g/mol. The van der Waals surface area contributed by atoms with Crippen molar-refractivity contribution in [2.45, 2.75) is 37.7 Å². The highest BCUT2D eigenvalue weighted by Gasteiger charge is 2.34. The molecular weight excluding hydrogens is 290 g/mol. The van der Waals surface area contributed by atoms with Crippen LogP contribution in [-0.4, -0.2) is 29.8 Å². The maximum Gasteiger partial charge on any atom is 0.220 e. The second-order valence-electron chi connectivity index (χ2n) is 6.28. The molecule has 1 saturated carbocycles. The second kappa shape index (κ2) is 7.01. The third-order valence-electron chi connectivity index (χ3n) is 4.45. The summed E-state index contributed by atoms with van der Waals surface area (Å²) in [6.45, 7) is 0.877. The Bertz CT molecular complexity index is 674. The summed E-state index contributed by atoms with van der Waals surface area (Å²) in [7, 11) is 0. The van der Waals surface area contributed by atoms with E-state index in [1.54, 1.807) is 0 Å². The van der Waals surface area contributed by atoms with Crippen molar-refractivity contribution in [2.75, 3.05) is 13.2 Å². The van der Waals surface area contributed by atoms with E-state index in [1.807, 2.05) is 30.3 Å². The number of benzene rings is 2. The van der Waals surface area contributed by atoms with E-state index in [9.17, 15) is 9.90 Å². The van der Waals surface area contributed by atoms with Gasteiger partial charge < -0.3 is 15.2 Å². The lowest BCUT2D eigenvalue weighted by molar-refractivity contribution is -0.123. The topological polar surface area (TPSA) is 58.6 Å². The summed E-state index contributed by atoms with van der Waals surface area (Å²) >= 11 is 0. The van der Waals surface area contributed by atoms with Crippen LogP contribution in [0.2, 0.25) is 0 Å². The molecule has 0 aliphatic heterocycles. The Morgan fingerprint density at radius 1 is 1.17 bits per heavy atom. The maximum atomic E-state index is 11.8. The first-order valence-electron chi connectivity index (χ1n) is 8.26. The number of carbonyl (C=O) groups is 1. The predicted octanol–water partition coefficient (Wildman–Crippen LogP) is 3.03. The van der Waals surface area contributed by atoms with E-state index in [0.29, 0.717) is 26.0 Å². The zero-order chi connectivity index (χ0) is 16.1. The van der Waals surface area contributed by atoms with E-state index in [-0.39, 0.29) is 5.91 Å². The Labute approximate surface area is 136 Å². The van der Waals surface area contributed by atoms with Gasteiger partial charge in [0.15, 0.2) is 0 Å². The van der Waals surface area contributed by atoms with E-state index in [0.717, 1.165) is 35.8 Å². The van der Waals surface area contributed by atoms with Crippen LogP contribution >= 0.6 is 0 Å². The molecule has 2 N–H and O–H groups in total. The van der Waals surface area contributed by atoms with Crippen molar-refractivity contribution in [1.29, 1.82) is 0 Å². The smallest absolute Gasteiger partial charge is 0.220 e. The highest BCUT2D eigenvalue weighted by Crippen LogP contribution is 2.30. The first-order chi connectivity index (χ1) is 11.2. The number of fused-ring (bicyclic) bond motifs is 1. The number of carbonyl (C=O) groups excluding carboxylic acids is 1. The SMILES string of the molecule is O=C(CCCOc1cccc2ccccc12)NCC1(O)CCC1. The van der Waals surface area contributed by atoms with Gasteiger partial charge in [0, 0.05) is 18.4 Å². The largest absolute Gasteiger partial charge is 0.493 e. The molecule has 4 nitrogen and oxygen atoms in total. The molecular formula is C19H23NO3. The molecule has 0 aromatic heterocycles. The molecule has 2 aromatic carbocycles. The molecule has 0 radical (unpaired) electrons. The van der Waals surface area contributed by atoms with E-state index in [1.165, 1.54) is 0 Å². The molecule has 2 aromatic rings. The molecule has 0 bridgehead atoms. The van der Waals surface area contributed by atoms with Gasteiger partial charge >= 0.3 is 0 Å². The fourth-order valence-electron chi connectivity index (χ4n) is 2.85. The van der Waals surface area contributed by atoms with Crippen LogP contribution in [0.4, 0.5) is 0 Å². The lowest BCUT2D eigenvalue weighted by Gasteiger charge is -2.36. The van der Waals surface area contributed by atoms with Gasteiger partial charge in [-0.05, 0) is 37.1 Å². The van der Waals surface area contributed by atoms with Crippen LogP contribution in [0.1, 0.15) is 32.1 Å². The van der Waals surface area contributed by atoms with Crippen LogP contribution in [0, 0.1) is 0 Å². The Balaban J connectivity index is 1.41. The summed E-state index contributed by atoms with van der Waals surface area (Å²) in [6.07, 6.45) is 3.70. The number of hydrogen-bond donors (Lipinski definition) is 2. The van der Waals surface area contributed by atoms with Crippen molar-refractivity contribution in [3.8, 4) is 5.75 Å². The van der Waals surface area contributed by atoms with Gasteiger partial charge in [0.1, 0.15) is 5.75 Å². The van der Waals surface area contributed by atoms with Crippen LogP contribution in [0.3, 0.4) is 0 Å². The Kier molecular flexibility index (Phi) is 4.82. The van der Waals surface area contributed by atoms with Gasteiger partial charge in [0.25, 0.3) is 0 Å². The molecule has 122 valence electrons. The van der Waals surface area contributed by atoms with Gasteiger partial charge in [-0.1, -0.05) is 36.4 Å². The predicted molar refractivity (Wildman–Crippen MR) is 90.5 cm³/mol. The fraction of sp³-hybridized carbons (Fsp3) is 0.421. The lowest BCUT2D eigenvalue weighted by Crippen LogP contribution is -2.47.